The SMILES string of the molecule is CC.CO.CS(=O)(=O)c1ccccc1. The molecule has 0 aliphatic rings. The van der Waals surface area contributed by atoms with Crippen LogP contribution in [0.4, 0.5) is 0 Å². The van der Waals surface area contributed by atoms with E-state index in [0.29, 0.717) is 4.90 Å². The van der Waals surface area contributed by atoms with Crippen molar-refractivity contribution >= 4 is 9.84 Å². The molecule has 3 nitrogen and oxygen atoms in total. The molecule has 0 atom stereocenters. The fourth-order valence-electron chi connectivity index (χ4n) is 0.668. The van der Waals surface area contributed by atoms with Gasteiger partial charge in [-0.3, -0.25) is 0 Å². The first-order chi connectivity index (χ1) is 6.61. The molecule has 0 spiro atoms. The predicted molar refractivity (Wildman–Crippen MR) is 59.0 cm³/mol. The van der Waals surface area contributed by atoms with Crippen LogP contribution in [0.2, 0.25) is 0 Å². The van der Waals surface area contributed by atoms with Crippen molar-refractivity contribution in [2.45, 2.75) is 18.7 Å². The zero-order chi connectivity index (χ0) is 11.6. The first-order valence-corrected chi connectivity index (χ1v) is 6.20. The van der Waals surface area contributed by atoms with E-state index in [1.165, 1.54) is 6.26 Å². The van der Waals surface area contributed by atoms with E-state index in [2.05, 4.69) is 0 Å². The maximum absolute atomic E-state index is 10.8. The summed E-state index contributed by atoms with van der Waals surface area (Å²) >= 11 is 0. The quantitative estimate of drug-likeness (QED) is 0.781. The first kappa shape index (κ1) is 15.6. The van der Waals surface area contributed by atoms with Crippen molar-refractivity contribution in [2.75, 3.05) is 13.4 Å². The van der Waals surface area contributed by atoms with E-state index in [1.54, 1.807) is 30.3 Å². The normalized spacial score (nSPS) is 8.93. The number of hydrogen-bond acceptors (Lipinski definition) is 3. The molecule has 0 saturated carbocycles. The third-order valence-electron chi connectivity index (χ3n) is 1.17. The van der Waals surface area contributed by atoms with Crippen molar-refractivity contribution in [3.63, 3.8) is 0 Å². The second-order valence-corrected chi connectivity index (χ2v) is 4.10. The molecular weight excluding hydrogens is 200 g/mol. The highest BCUT2D eigenvalue weighted by Gasteiger charge is 2.02. The summed E-state index contributed by atoms with van der Waals surface area (Å²) < 4.78 is 21.7. The average Bonchev–Trinajstić information content (AvgIpc) is 2.24. The van der Waals surface area contributed by atoms with Crippen molar-refractivity contribution in [1.29, 1.82) is 0 Å². The lowest BCUT2D eigenvalue weighted by Crippen LogP contribution is -1.95. The van der Waals surface area contributed by atoms with E-state index in [0.717, 1.165) is 7.11 Å². The molecule has 14 heavy (non-hydrogen) atoms. The maximum atomic E-state index is 10.8. The highest BCUT2D eigenvalue weighted by Crippen LogP contribution is 2.05. The van der Waals surface area contributed by atoms with Crippen LogP contribution in [0, 0.1) is 0 Å². The first-order valence-electron chi connectivity index (χ1n) is 4.30. The van der Waals surface area contributed by atoms with E-state index in [9.17, 15) is 8.42 Å². The fourth-order valence-corrected chi connectivity index (χ4v) is 1.32. The summed E-state index contributed by atoms with van der Waals surface area (Å²) in [6.07, 6.45) is 1.20. The third kappa shape index (κ3) is 6.62. The Morgan fingerprint density at radius 1 is 1.00 bits per heavy atom. The molecule has 82 valence electrons. The van der Waals surface area contributed by atoms with Crippen LogP contribution in [0.1, 0.15) is 13.8 Å². The van der Waals surface area contributed by atoms with Gasteiger partial charge >= 0.3 is 0 Å². The van der Waals surface area contributed by atoms with Gasteiger partial charge in [0.2, 0.25) is 0 Å². The standard InChI is InChI=1S/C7H8O2S.C2H6.CH4O/c1-10(8,9)7-5-3-2-4-6-7;2*1-2/h2-6H,1H3;1-2H3;2H,1H3. The summed E-state index contributed by atoms with van der Waals surface area (Å²) in [4.78, 5) is 0.370. The Morgan fingerprint density at radius 2 is 1.36 bits per heavy atom. The van der Waals surface area contributed by atoms with Gasteiger partial charge in [0, 0.05) is 13.4 Å². The van der Waals surface area contributed by atoms with Crippen LogP contribution in [0.15, 0.2) is 35.2 Å². The van der Waals surface area contributed by atoms with Crippen LogP contribution in [-0.2, 0) is 9.84 Å². The molecule has 0 heterocycles. The van der Waals surface area contributed by atoms with Crippen LogP contribution < -0.4 is 0 Å². The van der Waals surface area contributed by atoms with E-state index in [1.807, 2.05) is 13.8 Å². The van der Waals surface area contributed by atoms with Crippen LogP contribution >= 0.6 is 0 Å². The second-order valence-electron chi connectivity index (χ2n) is 2.09. The Bertz CT molecular complexity index is 303. The number of aliphatic hydroxyl groups is 1. The summed E-state index contributed by atoms with van der Waals surface area (Å²) in [6, 6.07) is 8.35. The second kappa shape index (κ2) is 8.72. The Balaban J connectivity index is 0. The summed E-state index contributed by atoms with van der Waals surface area (Å²) in [5.74, 6) is 0. The Labute approximate surface area is 86.3 Å². The molecule has 0 radical (unpaired) electrons. The van der Waals surface area contributed by atoms with Gasteiger partial charge in [-0.05, 0) is 12.1 Å². The highest BCUT2D eigenvalue weighted by atomic mass is 32.2. The van der Waals surface area contributed by atoms with Crippen LogP contribution in [0.3, 0.4) is 0 Å². The van der Waals surface area contributed by atoms with Crippen molar-refractivity contribution in [1.82, 2.24) is 0 Å². The molecule has 0 saturated heterocycles. The fraction of sp³-hybridized carbons (Fsp3) is 0.400. The molecule has 1 aromatic rings. The lowest BCUT2D eigenvalue weighted by Gasteiger charge is -1.93. The molecule has 0 aromatic heterocycles. The van der Waals surface area contributed by atoms with Gasteiger partial charge in [0.25, 0.3) is 0 Å². The molecule has 0 bridgehead atoms. The Morgan fingerprint density at radius 3 is 1.57 bits per heavy atom. The summed E-state index contributed by atoms with van der Waals surface area (Å²) in [6.45, 7) is 4.00. The van der Waals surface area contributed by atoms with E-state index in [4.69, 9.17) is 5.11 Å². The lowest BCUT2D eigenvalue weighted by atomic mass is 10.4. The Kier molecular flexibility index (Phi) is 9.71. The molecule has 0 aliphatic carbocycles. The zero-order valence-corrected chi connectivity index (χ0v) is 9.88. The van der Waals surface area contributed by atoms with E-state index in [-0.39, 0.29) is 0 Å². The minimum Gasteiger partial charge on any atom is -0.400 e. The minimum absolute atomic E-state index is 0.370. The van der Waals surface area contributed by atoms with E-state index >= 15 is 0 Å². The molecule has 0 unspecified atom stereocenters. The lowest BCUT2D eigenvalue weighted by molar-refractivity contribution is 0.399. The van der Waals surface area contributed by atoms with Gasteiger partial charge in [-0.1, -0.05) is 32.0 Å². The van der Waals surface area contributed by atoms with Gasteiger partial charge < -0.3 is 5.11 Å². The van der Waals surface area contributed by atoms with Crippen molar-refractivity contribution in [3.8, 4) is 0 Å². The van der Waals surface area contributed by atoms with Crippen LogP contribution in [0.25, 0.3) is 0 Å². The zero-order valence-electron chi connectivity index (χ0n) is 9.06. The van der Waals surface area contributed by atoms with Crippen LogP contribution in [-0.4, -0.2) is 26.9 Å². The number of aliphatic hydroxyl groups excluding tert-OH is 1. The maximum Gasteiger partial charge on any atom is 0.175 e. The predicted octanol–water partition coefficient (Wildman–Crippen LogP) is 1.72. The molecule has 1 aromatic carbocycles. The average molecular weight is 218 g/mol. The minimum atomic E-state index is -3.00. The van der Waals surface area contributed by atoms with Crippen molar-refractivity contribution in [3.05, 3.63) is 30.3 Å². The smallest absolute Gasteiger partial charge is 0.175 e. The molecular formula is C10H18O3S. The van der Waals surface area contributed by atoms with Gasteiger partial charge in [0.15, 0.2) is 9.84 Å². The van der Waals surface area contributed by atoms with E-state index < -0.39 is 9.84 Å². The summed E-state index contributed by atoms with van der Waals surface area (Å²) in [7, 11) is -2.00. The molecule has 0 fully saturated rings. The number of rotatable bonds is 1. The number of hydrogen-bond donors (Lipinski definition) is 1. The third-order valence-corrected chi connectivity index (χ3v) is 2.30. The van der Waals surface area contributed by atoms with Gasteiger partial charge in [-0.25, -0.2) is 8.42 Å². The van der Waals surface area contributed by atoms with Gasteiger partial charge in [0.1, 0.15) is 0 Å². The molecule has 4 heteroatoms. The highest BCUT2D eigenvalue weighted by molar-refractivity contribution is 7.90. The van der Waals surface area contributed by atoms with Gasteiger partial charge in [0.05, 0.1) is 4.90 Å². The summed E-state index contributed by atoms with van der Waals surface area (Å²) in [5, 5.41) is 7.00. The largest absolute Gasteiger partial charge is 0.400 e. The summed E-state index contributed by atoms with van der Waals surface area (Å²) in [5.41, 5.74) is 0. The topological polar surface area (TPSA) is 54.4 Å². The van der Waals surface area contributed by atoms with Crippen molar-refractivity contribution in [2.24, 2.45) is 0 Å². The van der Waals surface area contributed by atoms with Crippen molar-refractivity contribution < 1.29 is 13.5 Å². The molecule has 1 rings (SSSR count). The monoisotopic (exact) mass is 218 g/mol. The number of sulfone groups is 1. The van der Waals surface area contributed by atoms with Crippen LogP contribution in [0.5, 0.6) is 0 Å². The van der Waals surface area contributed by atoms with Gasteiger partial charge in [-0.2, -0.15) is 0 Å². The number of benzene rings is 1. The molecule has 1 N–H and O–H groups in total. The van der Waals surface area contributed by atoms with Gasteiger partial charge in [-0.15, -0.1) is 0 Å². The Hall–Kier alpha value is -0.870. The molecule has 0 amide bonds. The molecule has 0 aliphatic heterocycles.